The van der Waals surface area contributed by atoms with E-state index in [-0.39, 0.29) is 6.29 Å². The standard InChI is InChI=1S/C11H13NO2/c1-7-11(14-8(2)13-7)9-5-3-4-6-10(9)12/h3-6,8H,12H2,1-2H3. The third kappa shape index (κ3) is 1.41. The molecule has 0 radical (unpaired) electrons. The van der Waals surface area contributed by atoms with Gasteiger partial charge in [-0.1, -0.05) is 12.1 Å². The molecule has 0 spiro atoms. The van der Waals surface area contributed by atoms with E-state index in [0.29, 0.717) is 5.69 Å². The summed E-state index contributed by atoms with van der Waals surface area (Å²) >= 11 is 0. The Hall–Kier alpha value is -1.64. The molecular formula is C11H13NO2. The predicted octanol–water partition coefficient (Wildman–Crippen LogP) is 2.35. The second-order valence-electron chi connectivity index (χ2n) is 3.28. The summed E-state index contributed by atoms with van der Waals surface area (Å²) in [4.78, 5) is 0. The molecule has 74 valence electrons. The zero-order chi connectivity index (χ0) is 10.1. The zero-order valence-electron chi connectivity index (χ0n) is 8.28. The van der Waals surface area contributed by atoms with Crippen LogP contribution in [0.5, 0.6) is 0 Å². The van der Waals surface area contributed by atoms with Crippen molar-refractivity contribution in [1.29, 1.82) is 0 Å². The zero-order valence-corrected chi connectivity index (χ0v) is 8.28. The van der Waals surface area contributed by atoms with Crippen molar-refractivity contribution in [3.63, 3.8) is 0 Å². The van der Waals surface area contributed by atoms with Gasteiger partial charge in [0.2, 0.25) is 6.29 Å². The molecule has 0 saturated carbocycles. The molecule has 1 aliphatic heterocycles. The number of benzene rings is 1. The third-order valence-electron chi connectivity index (χ3n) is 2.15. The van der Waals surface area contributed by atoms with E-state index < -0.39 is 0 Å². The van der Waals surface area contributed by atoms with E-state index in [1.807, 2.05) is 38.1 Å². The Morgan fingerprint density at radius 3 is 2.50 bits per heavy atom. The highest BCUT2D eigenvalue weighted by Gasteiger charge is 2.22. The number of nitrogen functional groups attached to an aromatic ring is 1. The predicted molar refractivity (Wildman–Crippen MR) is 55.1 cm³/mol. The lowest BCUT2D eigenvalue weighted by atomic mass is 10.1. The minimum atomic E-state index is -0.218. The van der Waals surface area contributed by atoms with Gasteiger partial charge in [-0.2, -0.15) is 0 Å². The lowest BCUT2D eigenvalue weighted by molar-refractivity contribution is -0.00784. The molecule has 0 amide bonds. The maximum absolute atomic E-state index is 5.84. The van der Waals surface area contributed by atoms with Gasteiger partial charge in [0, 0.05) is 18.2 Å². The van der Waals surface area contributed by atoms with E-state index in [2.05, 4.69) is 0 Å². The van der Waals surface area contributed by atoms with Crippen LogP contribution in [0, 0.1) is 0 Å². The maximum atomic E-state index is 5.84. The summed E-state index contributed by atoms with van der Waals surface area (Å²) in [5.41, 5.74) is 7.44. The van der Waals surface area contributed by atoms with E-state index in [4.69, 9.17) is 15.2 Å². The molecule has 1 heterocycles. The Labute approximate surface area is 83.1 Å². The number of rotatable bonds is 1. The molecule has 3 heteroatoms. The Kier molecular flexibility index (Phi) is 2.08. The van der Waals surface area contributed by atoms with Crippen LogP contribution in [0.3, 0.4) is 0 Å². The number of nitrogens with two attached hydrogens (primary N) is 1. The lowest BCUT2D eigenvalue weighted by Gasteiger charge is -2.07. The number of hydrogen-bond acceptors (Lipinski definition) is 3. The van der Waals surface area contributed by atoms with Gasteiger partial charge in [0.05, 0.1) is 0 Å². The largest absolute Gasteiger partial charge is 0.456 e. The van der Waals surface area contributed by atoms with Gasteiger partial charge in [0.25, 0.3) is 0 Å². The van der Waals surface area contributed by atoms with Gasteiger partial charge in [-0.15, -0.1) is 0 Å². The van der Waals surface area contributed by atoms with Gasteiger partial charge in [0.1, 0.15) is 5.76 Å². The fourth-order valence-electron chi connectivity index (χ4n) is 1.53. The first-order chi connectivity index (χ1) is 6.68. The Bertz CT molecular complexity index is 385. The van der Waals surface area contributed by atoms with Crippen molar-refractivity contribution in [2.75, 3.05) is 5.73 Å². The summed E-state index contributed by atoms with van der Waals surface area (Å²) in [6.45, 7) is 3.74. The van der Waals surface area contributed by atoms with Crippen molar-refractivity contribution in [3.05, 3.63) is 35.6 Å². The van der Waals surface area contributed by atoms with E-state index >= 15 is 0 Å². The molecule has 3 nitrogen and oxygen atoms in total. The molecule has 1 atom stereocenters. The smallest absolute Gasteiger partial charge is 0.238 e. The minimum Gasteiger partial charge on any atom is -0.456 e. The topological polar surface area (TPSA) is 44.5 Å². The fourth-order valence-corrected chi connectivity index (χ4v) is 1.53. The van der Waals surface area contributed by atoms with Crippen molar-refractivity contribution in [3.8, 4) is 0 Å². The number of allylic oxidation sites excluding steroid dienone is 1. The van der Waals surface area contributed by atoms with E-state index in [0.717, 1.165) is 17.1 Å². The number of ether oxygens (including phenoxy) is 2. The highest BCUT2D eigenvalue weighted by atomic mass is 16.7. The summed E-state index contributed by atoms with van der Waals surface area (Å²) < 4.78 is 10.9. The van der Waals surface area contributed by atoms with Crippen LogP contribution in [0.1, 0.15) is 19.4 Å². The van der Waals surface area contributed by atoms with E-state index in [9.17, 15) is 0 Å². The third-order valence-corrected chi connectivity index (χ3v) is 2.15. The van der Waals surface area contributed by atoms with Gasteiger partial charge in [-0.3, -0.25) is 0 Å². The molecule has 1 aromatic carbocycles. The monoisotopic (exact) mass is 191 g/mol. The average molecular weight is 191 g/mol. The van der Waals surface area contributed by atoms with Crippen molar-refractivity contribution in [1.82, 2.24) is 0 Å². The molecule has 0 fully saturated rings. The Morgan fingerprint density at radius 1 is 1.21 bits per heavy atom. The number of anilines is 1. The van der Waals surface area contributed by atoms with Crippen molar-refractivity contribution >= 4 is 11.4 Å². The minimum absolute atomic E-state index is 0.218. The van der Waals surface area contributed by atoms with Gasteiger partial charge in [-0.05, 0) is 19.1 Å². The van der Waals surface area contributed by atoms with Crippen LogP contribution in [-0.4, -0.2) is 6.29 Å². The summed E-state index contributed by atoms with van der Waals surface area (Å²) in [7, 11) is 0. The van der Waals surface area contributed by atoms with Crippen molar-refractivity contribution in [2.45, 2.75) is 20.1 Å². The van der Waals surface area contributed by atoms with Gasteiger partial charge < -0.3 is 15.2 Å². The number of para-hydroxylation sites is 1. The molecule has 0 saturated heterocycles. The van der Waals surface area contributed by atoms with Crippen molar-refractivity contribution < 1.29 is 9.47 Å². The van der Waals surface area contributed by atoms with Crippen molar-refractivity contribution in [2.24, 2.45) is 0 Å². The summed E-state index contributed by atoms with van der Waals surface area (Å²) in [5, 5.41) is 0. The van der Waals surface area contributed by atoms with Crippen LogP contribution in [0.25, 0.3) is 5.76 Å². The SMILES string of the molecule is CC1=C(c2ccccc2N)OC(C)O1. The maximum Gasteiger partial charge on any atom is 0.238 e. The molecule has 0 aromatic heterocycles. The van der Waals surface area contributed by atoms with Crippen LogP contribution in [-0.2, 0) is 9.47 Å². The molecule has 0 bridgehead atoms. The second kappa shape index (κ2) is 3.25. The molecule has 2 rings (SSSR count). The van der Waals surface area contributed by atoms with Crippen LogP contribution >= 0.6 is 0 Å². The normalized spacial score (nSPS) is 20.6. The van der Waals surface area contributed by atoms with Gasteiger partial charge >= 0.3 is 0 Å². The first kappa shape index (κ1) is 8.94. The van der Waals surface area contributed by atoms with Crippen LogP contribution < -0.4 is 5.73 Å². The first-order valence-electron chi connectivity index (χ1n) is 4.57. The van der Waals surface area contributed by atoms with Gasteiger partial charge in [0.15, 0.2) is 5.76 Å². The van der Waals surface area contributed by atoms with Crippen LogP contribution in [0.15, 0.2) is 30.0 Å². The van der Waals surface area contributed by atoms with E-state index in [1.54, 1.807) is 0 Å². The highest BCUT2D eigenvalue weighted by Crippen LogP contribution is 2.32. The Balaban J connectivity index is 2.41. The molecule has 1 aromatic rings. The summed E-state index contributed by atoms with van der Waals surface area (Å²) in [6.07, 6.45) is -0.218. The average Bonchev–Trinajstić information content (AvgIpc) is 2.46. The molecule has 14 heavy (non-hydrogen) atoms. The molecule has 1 aliphatic rings. The second-order valence-corrected chi connectivity index (χ2v) is 3.28. The molecular weight excluding hydrogens is 178 g/mol. The summed E-state index contributed by atoms with van der Waals surface area (Å²) in [5.74, 6) is 1.53. The Morgan fingerprint density at radius 2 is 1.93 bits per heavy atom. The van der Waals surface area contributed by atoms with Crippen LogP contribution in [0.2, 0.25) is 0 Å². The highest BCUT2D eigenvalue weighted by molar-refractivity contribution is 5.72. The quantitative estimate of drug-likeness (QED) is 0.693. The molecule has 0 aliphatic carbocycles. The summed E-state index contributed by atoms with van der Waals surface area (Å²) in [6, 6.07) is 7.60. The van der Waals surface area contributed by atoms with E-state index in [1.165, 1.54) is 0 Å². The number of hydrogen-bond donors (Lipinski definition) is 1. The molecule has 2 N–H and O–H groups in total. The lowest BCUT2D eigenvalue weighted by Crippen LogP contribution is -2.01. The molecule has 1 unspecified atom stereocenters. The fraction of sp³-hybridized carbons (Fsp3) is 0.273. The first-order valence-corrected chi connectivity index (χ1v) is 4.57. The van der Waals surface area contributed by atoms with Gasteiger partial charge in [-0.25, -0.2) is 0 Å². The van der Waals surface area contributed by atoms with Crippen LogP contribution in [0.4, 0.5) is 5.69 Å².